The summed E-state index contributed by atoms with van der Waals surface area (Å²) < 4.78 is 1.94. The molecule has 0 spiro atoms. The van der Waals surface area contributed by atoms with Crippen LogP contribution < -0.4 is 10.6 Å². The topological polar surface area (TPSA) is 54.2 Å². The van der Waals surface area contributed by atoms with Crippen LogP contribution in [0.4, 0.5) is 0 Å². The first-order valence-electron chi connectivity index (χ1n) is 8.42. The van der Waals surface area contributed by atoms with E-state index >= 15 is 0 Å². The van der Waals surface area contributed by atoms with E-state index in [1.165, 1.54) is 16.7 Å². The van der Waals surface area contributed by atoms with E-state index in [2.05, 4.69) is 68.7 Å². The Hall–Kier alpha value is -1.87. The van der Waals surface area contributed by atoms with Crippen molar-refractivity contribution in [3.63, 3.8) is 0 Å². The van der Waals surface area contributed by atoms with Crippen molar-refractivity contribution < 1.29 is 0 Å². The third kappa shape index (κ3) is 6.14. The van der Waals surface area contributed by atoms with Crippen molar-refractivity contribution in [1.82, 2.24) is 20.4 Å². The Kier molecular flexibility index (Phi) is 8.63. The lowest BCUT2D eigenvalue weighted by Gasteiger charge is -2.14. The van der Waals surface area contributed by atoms with Crippen molar-refractivity contribution in [3.05, 3.63) is 76.2 Å². The third-order valence-electron chi connectivity index (χ3n) is 3.80. The highest BCUT2D eigenvalue weighted by Gasteiger charge is 2.05. The summed E-state index contributed by atoms with van der Waals surface area (Å²) in [6.45, 7) is 5.10. The molecule has 0 bridgehead atoms. The Morgan fingerprint density at radius 3 is 2.69 bits per heavy atom. The van der Waals surface area contributed by atoms with Crippen molar-refractivity contribution in [2.75, 3.05) is 6.54 Å². The normalized spacial score (nSPS) is 11.0. The summed E-state index contributed by atoms with van der Waals surface area (Å²) in [4.78, 5) is 4.66. The largest absolute Gasteiger partial charge is 0.357 e. The zero-order valence-electron chi connectivity index (χ0n) is 14.8. The molecule has 1 aromatic carbocycles. The number of halogens is 1. The van der Waals surface area contributed by atoms with Crippen LogP contribution in [0.15, 0.2) is 64.5 Å². The van der Waals surface area contributed by atoms with Crippen molar-refractivity contribution >= 4 is 41.3 Å². The van der Waals surface area contributed by atoms with Crippen LogP contribution >= 0.6 is 35.3 Å². The van der Waals surface area contributed by atoms with Gasteiger partial charge in [0.1, 0.15) is 0 Å². The molecule has 26 heavy (non-hydrogen) atoms. The van der Waals surface area contributed by atoms with Crippen molar-refractivity contribution in [1.29, 1.82) is 0 Å². The minimum atomic E-state index is 0. The summed E-state index contributed by atoms with van der Waals surface area (Å²) in [6, 6.07) is 12.5. The molecule has 7 heteroatoms. The number of hydrogen-bond donors (Lipinski definition) is 2. The number of guanidine groups is 1. The second-order valence-electron chi connectivity index (χ2n) is 5.65. The molecular formula is C19H24IN5S. The van der Waals surface area contributed by atoms with E-state index in [1.54, 1.807) is 17.5 Å². The van der Waals surface area contributed by atoms with Crippen LogP contribution in [-0.2, 0) is 19.6 Å². The Labute approximate surface area is 175 Å². The maximum Gasteiger partial charge on any atom is 0.191 e. The predicted molar refractivity (Wildman–Crippen MR) is 119 cm³/mol. The monoisotopic (exact) mass is 481 g/mol. The zero-order valence-corrected chi connectivity index (χ0v) is 17.9. The average Bonchev–Trinajstić information content (AvgIpc) is 3.32. The zero-order chi connectivity index (χ0) is 17.3. The van der Waals surface area contributed by atoms with Crippen molar-refractivity contribution in [3.8, 4) is 0 Å². The van der Waals surface area contributed by atoms with Gasteiger partial charge in [0, 0.05) is 25.5 Å². The van der Waals surface area contributed by atoms with Gasteiger partial charge in [-0.3, -0.25) is 4.68 Å². The second-order valence-corrected chi connectivity index (χ2v) is 6.43. The smallest absolute Gasteiger partial charge is 0.191 e. The van der Waals surface area contributed by atoms with E-state index < -0.39 is 0 Å². The summed E-state index contributed by atoms with van der Waals surface area (Å²) in [7, 11) is 0. The van der Waals surface area contributed by atoms with Crippen molar-refractivity contribution in [2.24, 2.45) is 4.99 Å². The Bertz CT molecular complexity index is 784. The lowest BCUT2D eigenvalue weighted by atomic mass is 10.1. The minimum Gasteiger partial charge on any atom is -0.357 e. The molecule has 0 aliphatic rings. The summed E-state index contributed by atoms with van der Waals surface area (Å²) in [5.74, 6) is 0.836. The standard InChI is InChI=1S/C19H23N5S.HI/c1-2-20-19(21-12-16-8-11-25-15-16)22-13-17-6-3-4-7-18(17)14-24-10-5-9-23-24;/h3-11,15H,2,12-14H2,1H3,(H2,20,21,22);1H. The van der Waals surface area contributed by atoms with Crippen LogP contribution in [-0.4, -0.2) is 22.3 Å². The number of nitrogens with one attached hydrogen (secondary N) is 2. The van der Waals surface area contributed by atoms with Gasteiger partial charge in [-0.05, 0) is 46.5 Å². The van der Waals surface area contributed by atoms with Gasteiger partial charge in [0.15, 0.2) is 5.96 Å². The number of benzene rings is 1. The second kappa shape index (κ2) is 11.0. The number of rotatable bonds is 7. The number of aliphatic imine (C=N–C) groups is 1. The van der Waals surface area contributed by atoms with E-state index in [9.17, 15) is 0 Å². The molecule has 0 aliphatic carbocycles. The van der Waals surface area contributed by atoms with Gasteiger partial charge in [-0.25, -0.2) is 4.99 Å². The molecule has 0 fully saturated rings. The van der Waals surface area contributed by atoms with Crippen molar-refractivity contribution in [2.45, 2.75) is 26.6 Å². The van der Waals surface area contributed by atoms with E-state index in [4.69, 9.17) is 0 Å². The van der Waals surface area contributed by atoms with Crippen LogP contribution in [0.3, 0.4) is 0 Å². The molecule has 138 valence electrons. The summed E-state index contributed by atoms with van der Waals surface area (Å²) in [5.41, 5.74) is 3.74. The Morgan fingerprint density at radius 2 is 2.00 bits per heavy atom. The molecule has 0 amide bonds. The van der Waals surface area contributed by atoms with E-state index in [0.29, 0.717) is 6.54 Å². The Balaban J connectivity index is 0.00000243. The lowest BCUT2D eigenvalue weighted by Crippen LogP contribution is -2.37. The molecule has 2 heterocycles. The molecule has 3 aromatic rings. The molecule has 0 radical (unpaired) electrons. The highest BCUT2D eigenvalue weighted by Crippen LogP contribution is 2.10. The summed E-state index contributed by atoms with van der Waals surface area (Å²) >= 11 is 1.70. The highest BCUT2D eigenvalue weighted by molar-refractivity contribution is 14.0. The maximum atomic E-state index is 4.66. The van der Waals surface area contributed by atoms with Gasteiger partial charge in [0.25, 0.3) is 0 Å². The average molecular weight is 481 g/mol. The molecule has 0 saturated heterocycles. The first-order chi connectivity index (χ1) is 12.3. The van der Waals surface area contributed by atoms with Gasteiger partial charge in [-0.15, -0.1) is 24.0 Å². The third-order valence-corrected chi connectivity index (χ3v) is 4.53. The van der Waals surface area contributed by atoms with E-state index in [0.717, 1.165) is 25.6 Å². The van der Waals surface area contributed by atoms with Gasteiger partial charge >= 0.3 is 0 Å². The van der Waals surface area contributed by atoms with Gasteiger partial charge in [0.2, 0.25) is 0 Å². The van der Waals surface area contributed by atoms with Crippen LogP contribution in [0, 0.1) is 0 Å². The molecule has 0 unspecified atom stereocenters. The first kappa shape index (κ1) is 20.4. The fourth-order valence-corrected chi connectivity index (χ4v) is 3.19. The molecule has 3 rings (SSSR count). The highest BCUT2D eigenvalue weighted by atomic mass is 127. The molecule has 0 saturated carbocycles. The Morgan fingerprint density at radius 1 is 1.15 bits per heavy atom. The predicted octanol–water partition coefficient (Wildman–Crippen LogP) is 3.87. The first-order valence-corrected chi connectivity index (χ1v) is 9.37. The number of nitrogens with zero attached hydrogens (tertiary/aromatic N) is 3. The van der Waals surface area contributed by atoms with E-state index in [-0.39, 0.29) is 24.0 Å². The number of aromatic nitrogens is 2. The molecular weight excluding hydrogens is 457 g/mol. The van der Waals surface area contributed by atoms with Gasteiger partial charge < -0.3 is 10.6 Å². The van der Waals surface area contributed by atoms with Crippen LogP contribution in [0.25, 0.3) is 0 Å². The van der Waals surface area contributed by atoms with Gasteiger partial charge in [-0.2, -0.15) is 16.4 Å². The van der Waals surface area contributed by atoms with Gasteiger partial charge in [0.05, 0.1) is 13.1 Å². The molecule has 0 aliphatic heterocycles. The summed E-state index contributed by atoms with van der Waals surface area (Å²) in [5, 5.41) is 15.2. The lowest BCUT2D eigenvalue weighted by molar-refractivity contribution is 0.677. The molecule has 0 atom stereocenters. The maximum absolute atomic E-state index is 4.66. The van der Waals surface area contributed by atoms with Crippen LogP contribution in [0.2, 0.25) is 0 Å². The summed E-state index contributed by atoms with van der Waals surface area (Å²) in [6.07, 6.45) is 3.79. The minimum absolute atomic E-state index is 0. The molecule has 2 N–H and O–H groups in total. The fourth-order valence-electron chi connectivity index (χ4n) is 2.53. The SMILES string of the molecule is CCNC(=NCc1ccsc1)NCc1ccccc1Cn1cccn1.I. The number of thiophene rings is 1. The number of hydrogen-bond acceptors (Lipinski definition) is 3. The van der Waals surface area contributed by atoms with Crippen LogP contribution in [0.5, 0.6) is 0 Å². The van der Waals surface area contributed by atoms with Gasteiger partial charge in [-0.1, -0.05) is 24.3 Å². The van der Waals surface area contributed by atoms with Crippen LogP contribution in [0.1, 0.15) is 23.6 Å². The molecule has 2 aromatic heterocycles. The quantitative estimate of drug-likeness (QED) is 0.306. The fraction of sp³-hybridized carbons (Fsp3) is 0.263. The molecule has 5 nitrogen and oxygen atoms in total. The van der Waals surface area contributed by atoms with E-state index in [1.807, 2.05) is 16.9 Å².